The Kier molecular flexibility index (Phi) is 6.25. The van der Waals surface area contributed by atoms with E-state index in [0.717, 1.165) is 0 Å². The number of carbonyl (C=O) groups excluding carboxylic acids is 1. The van der Waals surface area contributed by atoms with Crippen molar-refractivity contribution >= 4 is 51.6 Å². The molecule has 0 saturated heterocycles. The smallest absolute Gasteiger partial charge is 0.343 e. The summed E-state index contributed by atoms with van der Waals surface area (Å²) in [5, 5.41) is 0.677. The van der Waals surface area contributed by atoms with E-state index >= 15 is 0 Å². The third-order valence-electron chi connectivity index (χ3n) is 2.80. The van der Waals surface area contributed by atoms with Crippen molar-refractivity contribution < 1.29 is 13.7 Å². The summed E-state index contributed by atoms with van der Waals surface area (Å²) >= 11 is 17.7. The quantitative estimate of drug-likeness (QED) is 0.307. The van der Waals surface area contributed by atoms with E-state index in [2.05, 4.69) is 6.58 Å². The number of rotatable bonds is 5. The Bertz CT molecular complexity index is 773. The Hall–Kier alpha value is -1.33. The van der Waals surface area contributed by atoms with Gasteiger partial charge in [-0.1, -0.05) is 40.9 Å². The summed E-state index contributed by atoms with van der Waals surface area (Å²) in [6.07, 6.45) is 1.57. The van der Waals surface area contributed by atoms with Crippen molar-refractivity contribution in [2.45, 2.75) is 4.90 Å². The molecule has 0 radical (unpaired) electrons. The first-order chi connectivity index (χ1) is 10.9. The number of halogens is 3. The minimum absolute atomic E-state index is 0.116. The maximum Gasteiger partial charge on any atom is 0.343 e. The van der Waals surface area contributed by atoms with Crippen molar-refractivity contribution in [3.63, 3.8) is 0 Å². The van der Waals surface area contributed by atoms with Gasteiger partial charge in [0.05, 0.1) is 31.4 Å². The number of carbonyl (C=O) groups is 1. The van der Waals surface area contributed by atoms with Gasteiger partial charge < -0.3 is 4.74 Å². The van der Waals surface area contributed by atoms with Crippen molar-refractivity contribution in [3.05, 3.63) is 69.7 Å². The standard InChI is InChI=1S/C16H11Cl3O3S/c1-2-7-23(21)11-5-3-10(4-6-11)16(20)22-15-9-13(18)12(17)8-14(15)19/h2-6,8-9H,1,7H2. The van der Waals surface area contributed by atoms with E-state index in [1.165, 1.54) is 24.3 Å². The zero-order chi connectivity index (χ0) is 17.0. The number of hydrogen-bond donors (Lipinski definition) is 0. The molecule has 0 aliphatic carbocycles. The van der Waals surface area contributed by atoms with Gasteiger partial charge in [0.25, 0.3) is 0 Å². The lowest BCUT2D eigenvalue weighted by atomic mass is 10.2. The van der Waals surface area contributed by atoms with E-state index < -0.39 is 16.8 Å². The molecule has 2 rings (SSSR count). The van der Waals surface area contributed by atoms with Crippen LogP contribution in [-0.2, 0) is 10.8 Å². The van der Waals surface area contributed by atoms with Crippen LogP contribution >= 0.6 is 34.8 Å². The van der Waals surface area contributed by atoms with E-state index in [1.807, 2.05) is 0 Å². The van der Waals surface area contributed by atoms with Crippen LogP contribution in [0.2, 0.25) is 15.1 Å². The summed E-state index contributed by atoms with van der Waals surface area (Å²) < 4.78 is 17.0. The summed E-state index contributed by atoms with van der Waals surface area (Å²) in [5.74, 6) is -0.139. The number of benzene rings is 2. The molecule has 1 atom stereocenters. The van der Waals surface area contributed by atoms with Crippen molar-refractivity contribution in [3.8, 4) is 5.75 Å². The minimum atomic E-state index is -1.18. The van der Waals surface area contributed by atoms with Crippen LogP contribution in [0.25, 0.3) is 0 Å². The predicted molar refractivity (Wildman–Crippen MR) is 94.3 cm³/mol. The molecule has 2 aromatic rings. The normalized spacial score (nSPS) is 11.8. The Labute approximate surface area is 151 Å². The van der Waals surface area contributed by atoms with Gasteiger partial charge in [0.2, 0.25) is 0 Å². The highest BCUT2D eigenvalue weighted by atomic mass is 35.5. The molecule has 23 heavy (non-hydrogen) atoms. The molecular formula is C16H11Cl3O3S. The lowest BCUT2D eigenvalue weighted by Gasteiger charge is -2.08. The highest BCUT2D eigenvalue weighted by Crippen LogP contribution is 2.34. The maximum absolute atomic E-state index is 12.1. The van der Waals surface area contributed by atoms with Gasteiger partial charge in [0, 0.05) is 16.7 Å². The third kappa shape index (κ3) is 4.58. The topological polar surface area (TPSA) is 43.4 Å². The first kappa shape index (κ1) is 18.0. The SMILES string of the molecule is C=CCS(=O)c1ccc(C(=O)Oc2cc(Cl)c(Cl)cc2Cl)cc1. The van der Waals surface area contributed by atoms with Crippen LogP contribution in [-0.4, -0.2) is 15.9 Å². The highest BCUT2D eigenvalue weighted by Gasteiger charge is 2.14. The summed E-state index contributed by atoms with van der Waals surface area (Å²) in [6.45, 7) is 3.54. The minimum Gasteiger partial charge on any atom is -0.421 e. The summed E-state index contributed by atoms with van der Waals surface area (Å²) in [7, 11) is -1.18. The highest BCUT2D eigenvalue weighted by molar-refractivity contribution is 7.85. The van der Waals surface area contributed by atoms with E-state index in [4.69, 9.17) is 39.5 Å². The van der Waals surface area contributed by atoms with Gasteiger partial charge in [0.15, 0.2) is 5.75 Å². The van der Waals surface area contributed by atoms with Gasteiger partial charge in [-0.25, -0.2) is 4.79 Å². The molecule has 120 valence electrons. The Morgan fingerprint density at radius 1 is 1.09 bits per heavy atom. The molecule has 0 N–H and O–H groups in total. The van der Waals surface area contributed by atoms with Crippen molar-refractivity contribution in [1.82, 2.24) is 0 Å². The average Bonchev–Trinajstić information content (AvgIpc) is 2.53. The number of esters is 1. The molecule has 0 amide bonds. The monoisotopic (exact) mass is 388 g/mol. The van der Waals surface area contributed by atoms with Crippen LogP contribution in [0, 0.1) is 0 Å². The lowest BCUT2D eigenvalue weighted by molar-refractivity contribution is 0.0735. The zero-order valence-corrected chi connectivity index (χ0v) is 14.8. The van der Waals surface area contributed by atoms with E-state index in [0.29, 0.717) is 16.2 Å². The second-order valence-corrected chi connectivity index (χ2v) is 7.13. The molecule has 2 aromatic carbocycles. The number of ether oxygens (including phenoxy) is 1. The van der Waals surface area contributed by atoms with Crippen LogP contribution in [0.15, 0.2) is 53.9 Å². The largest absolute Gasteiger partial charge is 0.421 e. The second kappa shape index (κ2) is 7.97. The summed E-state index contributed by atoms with van der Waals surface area (Å²) in [5.41, 5.74) is 0.298. The molecule has 0 spiro atoms. The van der Waals surface area contributed by atoms with Crippen LogP contribution in [0.4, 0.5) is 0 Å². The van der Waals surface area contributed by atoms with Gasteiger partial charge in [-0.05, 0) is 30.3 Å². The van der Waals surface area contributed by atoms with Crippen LogP contribution in [0.1, 0.15) is 10.4 Å². The molecule has 0 saturated carbocycles. The lowest BCUT2D eigenvalue weighted by Crippen LogP contribution is -2.09. The summed E-state index contributed by atoms with van der Waals surface area (Å²) in [4.78, 5) is 12.7. The molecule has 0 heterocycles. The molecule has 1 unspecified atom stereocenters. The van der Waals surface area contributed by atoms with Gasteiger partial charge in [-0.15, -0.1) is 6.58 Å². The maximum atomic E-state index is 12.1. The Morgan fingerprint density at radius 3 is 2.30 bits per heavy atom. The van der Waals surface area contributed by atoms with Gasteiger partial charge in [-0.2, -0.15) is 0 Å². The second-order valence-electron chi connectivity index (χ2n) is 4.41. The molecule has 3 nitrogen and oxygen atoms in total. The molecule has 0 bridgehead atoms. The van der Waals surface area contributed by atoms with E-state index in [-0.39, 0.29) is 20.8 Å². The summed E-state index contributed by atoms with van der Waals surface area (Å²) in [6, 6.07) is 9.04. The Balaban J connectivity index is 2.17. The Morgan fingerprint density at radius 2 is 1.70 bits per heavy atom. The van der Waals surface area contributed by atoms with E-state index in [9.17, 15) is 9.00 Å². The molecular weight excluding hydrogens is 379 g/mol. The average molecular weight is 390 g/mol. The van der Waals surface area contributed by atoms with Gasteiger partial charge >= 0.3 is 5.97 Å². The van der Waals surface area contributed by atoms with Crippen LogP contribution < -0.4 is 4.74 Å². The third-order valence-corrected chi connectivity index (χ3v) is 5.15. The first-order valence-electron chi connectivity index (χ1n) is 6.38. The van der Waals surface area contributed by atoms with Gasteiger partial charge in [-0.3, -0.25) is 4.21 Å². The predicted octanol–water partition coefficient (Wildman–Crippen LogP) is 5.16. The van der Waals surface area contributed by atoms with Gasteiger partial charge in [0.1, 0.15) is 0 Å². The van der Waals surface area contributed by atoms with Crippen molar-refractivity contribution in [1.29, 1.82) is 0 Å². The van der Waals surface area contributed by atoms with Crippen molar-refractivity contribution in [2.75, 3.05) is 5.75 Å². The fourth-order valence-corrected chi connectivity index (χ4v) is 3.11. The molecule has 7 heteroatoms. The van der Waals surface area contributed by atoms with Crippen LogP contribution in [0.5, 0.6) is 5.75 Å². The van der Waals surface area contributed by atoms with Crippen LogP contribution in [0.3, 0.4) is 0 Å². The number of hydrogen-bond acceptors (Lipinski definition) is 3. The molecule has 0 aromatic heterocycles. The van der Waals surface area contributed by atoms with E-state index in [1.54, 1.807) is 18.2 Å². The fourth-order valence-electron chi connectivity index (χ4n) is 1.69. The molecule has 0 fully saturated rings. The molecule has 0 aliphatic rings. The molecule has 0 aliphatic heterocycles. The van der Waals surface area contributed by atoms with Crippen molar-refractivity contribution in [2.24, 2.45) is 0 Å². The fraction of sp³-hybridized carbons (Fsp3) is 0.0625. The first-order valence-corrected chi connectivity index (χ1v) is 8.83. The zero-order valence-electron chi connectivity index (χ0n) is 11.7.